The van der Waals surface area contributed by atoms with Gasteiger partial charge in [-0.1, -0.05) is 43.6 Å². The summed E-state index contributed by atoms with van der Waals surface area (Å²) in [4.78, 5) is 28.4. The van der Waals surface area contributed by atoms with Gasteiger partial charge in [-0.2, -0.15) is 0 Å². The lowest BCUT2D eigenvalue weighted by atomic mass is 10.1. The second-order valence-corrected chi connectivity index (χ2v) is 11.0. The van der Waals surface area contributed by atoms with Crippen LogP contribution in [0.5, 0.6) is 11.5 Å². The summed E-state index contributed by atoms with van der Waals surface area (Å²) in [6.07, 6.45) is 2.04. The Bertz CT molecular complexity index is 1190. The summed E-state index contributed by atoms with van der Waals surface area (Å²) in [6.45, 7) is 5.10. The maximum Gasteiger partial charge on any atom is 0.244 e. The number of amides is 2. The van der Waals surface area contributed by atoms with Gasteiger partial charge in [0.25, 0.3) is 0 Å². The van der Waals surface area contributed by atoms with Gasteiger partial charge in [0.05, 0.1) is 26.2 Å². The quantitative estimate of drug-likeness (QED) is 0.404. The fourth-order valence-electron chi connectivity index (χ4n) is 3.76. The van der Waals surface area contributed by atoms with Crippen molar-refractivity contribution in [1.82, 2.24) is 10.2 Å². The number of anilines is 1. The molecular weight excluding hydrogens is 518 g/mol. The summed E-state index contributed by atoms with van der Waals surface area (Å²) in [5, 5.41) is 3.37. The number of methoxy groups -OCH3 is 2. The topological polar surface area (TPSA) is 105 Å². The summed E-state index contributed by atoms with van der Waals surface area (Å²) < 4.78 is 37.4. The van der Waals surface area contributed by atoms with Crippen molar-refractivity contribution in [3.63, 3.8) is 0 Å². The highest BCUT2D eigenvalue weighted by Gasteiger charge is 2.33. The van der Waals surface area contributed by atoms with Crippen LogP contribution in [0.2, 0.25) is 5.02 Å². The van der Waals surface area contributed by atoms with E-state index in [9.17, 15) is 18.0 Å². The minimum absolute atomic E-state index is 0.0256. The van der Waals surface area contributed by atoms with Crippen LogP contribution in [0.15, 0.2) is 42.5 Å². The van der Waals surface area contributed by atoms with Gasteiger partial charge in [-0.15, -0.1) is 0 Å². The second-order valence-electron chi connectivity index (χ2n) is 8.66. The van der Waals surface area contributed by atoms with Crippen LogP contribution in [0.25, 0.3) is 0 Å². The maximum atomic E-state index is 13.8. The van der Waals surface area contributed by atoms with E-state index < -0.39 is 28.5 Å². The van der Waals surface area contributed by atoms with E-state index in [1.807, 2.05) is 13.8 Å². The summed E-state index contributed by atoms with van der Waals surface area (Å²) >= 11 is 6.38. The van der Waals surface area contributed by atoms with Crippen molar-refractivity contribution in [3.8, 4) is 11.5 Å². The number of hydrogen-bond donors (Lipinski definition) is 1. The van der Waals surface area contributed by atoms with Crippen LogP contribution in [0, 0.1) is 0 Å². The van der Waals surface area contributed by atoms with Crippen LogP contribution in [-0.2, 0) is 26.2 Å². The lowest BCUT2D eigenvalue weighted by Crippen LogP contribution is -2.53. The molecule has 2 atom stereocenters. The minimum Gasteiger partial charge on any atom is -0.497 e. The van der Waals surface area contributed by atoms with E-state index in [1.54, 1.807) is 43.3 Å². The molecule has 0 aliphatic heterocycles. The van der Waals surface area contributed by atoms with Crippen LogP contribution >= 0.6 is 11.6 Å². The van der Waals surface area contributed by atoms with Crippen molar-refractivity contribution in [2.24, 2.45) is 0 Å². The fraction of sp³-hybridized carbons (Fsp3) is 0.462. The Balaban J connectivity index is 2.54. The molecule has 2 amide bonds. The Morgan fingerprint density at radius 1 is 1.05 bits per heavy atom. The van der Waals surface area contributed by atoms with Gasteiger partial charge in [0, 0.05) is 23.7 Å². The fourth-order valence-corrected chi connectivity index (χ4v) is 4.80. The average Bonchev–Trinajstić information content (AvgIpc) is 2.86. The Morgan fingerprint density at radius 3 is 2.27 bits per heavy atom. The first-order chi connectivity index (χ1) is 17.5. The number of benzene rings is 2. The normalized spacial score (nSPS) is 12.8. The molecule has 2 aromatic rings. The van der Waals surface area contributed by atoms with Gasteiger partial charge in [-0.05, 0) is 43.5 Å². The number of ether oxygens (including phenoxy) is 2. The molecule has 0 saturated carbocycles. The molecule has 2 aromatic carbocycles. The van der Waals surface area contributed by atoms with Crippen molar-refractivity contribution in [2.45, 2.75) is 52.2 Å². The first-order valence-electron chi connectivity index (χ1n) is 12.0. The van der Waals surface area contributed by atoms with Crippen molar-refractivity contribution in [2.75, 3.05) is 31.3 Å². The molecule has 0 aliphatic carbocycles. The Morgan fingerprint density at radius 2 is 1.73 bits per heavy atom. The lowest BCUT2D eigenvalue weighted by molar-refractivity contribution is -0.140. The molecule has 0 aliphatic rings. The second kappa shape index (κ2) is 13.5. The summed E-state index contributed by atoms with van der Waals surface area (Å²) in [7, 11) is -1.08. The molecule has 0 radical (unpaired) electrons. The summed E-state index contributed by atoms with van der Waals surface area (Å²) in [6, 6.07) is 10.8. The number of hydrogen-bond acceptors (Lipinski definition) is 6. The molecule has 204 valence electrons. The molecule has 0 bridgehead atoms. The zero-order valence-electron chi connectivity index (χ0n) is 22.2. The molecule has 1 N–H and O–H groups in total. The molecule has 9 nitrogen and oxygen atoms in total. The van der Waals surface area contributed by atoms with Gasteiger partial charge < -0.3 is 19.7 Å². The predicted octanol–water partition coefficient (Wildman–Crippen LogP) is 3.85. The molecule has 0 aromatic heterocycles. The molecule has 0 fully saturated rings. The Hall–Kier alpha value is -2.98. The molecular formula is C26H36ClN3O6S. The van der Waals surface area contributed by atoms with E-state index >= 15 is 0 Å². The minimum atomic E-state index is -3.94. The van der Waals surface area contributed by atoms with Crippen molar-refractivity contribution >= 4 is 39.1 Å². The smallest absolute Gasteiger partial charge is 0.244 e. The average molecular weight is 554 g/mol. The summed E-state index contributed by atoms with van der Waals surface area (Å²) in [5.41, 5.74) is 0.782. The molecule has 0 unspecified atom stereocenters. The number of carbonyl (C=O) groups excluding carboxylic acids is 2. The number of nitrogens with zero attached hydrogens (tertiary/aromatic N) is 2. The van der Waals surface area contributed by atoms with Crippen molar-refractivity contribution in [1.29, 1.82) is 0 Å². The van der Waals surface area contributed by atoms with E-state index in [2.05, 4.69) is 5.32 Å². The number of carbonyl (C=O) groups is 2. The summed E-state index contributed by atoms with van der Waals surface area (Å²) in [5.74, 6) is -0.245. The lowest BCUT2D eigenvalue weighted by Gasteiger charge is -2.33. The number of halogens is 1. The maximum absolute atomic E-state index is 13.8. The third-order valence-electron chi connectivity index (χ3n) is 6.02. The van der Waals surface area contributed by atoms with Crippen LogP contribution in [0.1, 0.15) is 39.2 Å². The van der Waals surface area contributed by atoms with Crippen molar-refractivity contribution in [3.05, 3.63) is 53.1 Å². The SMILES string of the molecule is CC[C@@H](C)NC(=O)[C@@H](CC)N(Cc1ccccc1Cl)C(=O)CN(c1cc(OC)ccc1OC)S(C)(=O)=O. The predicted molar refractivity (Wildman–Crippen MR) is 146 cm³/mol. The van der Waals surface area contributed by atoms with Crippen LogP contribution in [-0.4, -0.2) is 64.2 Å². The van der Waals surface area contributed by atoms with E-state index in [1.165, 1.54) is 25.2 Å². The zero-order chi connectivity index (χ0) is 27.8. The van der Waals surface area contributed by atoms with Gasteiger partial charge >= 0.3 is 0 Å². The van der Waals surface area contributed by atoms with Gasteiger partial charge in [-0.25, -0.2) is 8.42 Å². The number of sulfonamides is 1. The Kier molecular flexibility index (Phi) is 11.1. The van der Waals surface area contributed by atoms with Crippen molar-refractivity contribution < 1.29 is 27.5 Å². The highest BCUT2D eigenvalue weighted by atomic mass is 35.5. The van der Waals surface area contributed by atoms with Crippen LogP contribution < -0.4 is 19.1 Å². The van der Waals surface area contributed by atoms with Crippen LogP contribution in [0.3, 0.4) is 0 Å². The highest BCUT2D eigenvalue weighted by molar-refractivity contribution is 7.92. The van der Waals surface area contributed by atoms with E-state index in [0.717, 1.165) is 17.0 Å². The van der Waals surface area contributed by atoms with Gasteiger partial charge in [0.2, 0.25) is 21.8 Å². The molecule has 0 heterocycles. The van der Waals surface area contributed by atoms with Gasteiger partial charge in [0.1, 0.15) is 24.1 Å². The molecule has 37 heavy (non-hydrogen) atoms. The van der Waals surface area contributed by atoms with E-state index in [4.69, 9.17) is 21.1 Å². The third kappa shape index (κ3) is 8.00. The van der Waals surface area contributed by atoms with Gasteiger partial charge in [0.15, 0.2) is 0 Å². The first-order valence-corrected chi connectivity index (χ1v) is 14.2. The van der Waals surface area contributed by atoms with Crippen LogP contribution in [0.4, 0.5) is 5.69 Å². The molecule has 0 saturated heterocycles. The molecule has 2 rings (SSSR count). The van der Waals surface area contributed by atoms with E-state index in [0.29, 0.717) is 22.8 Å². The standard InChI is InChI=1S/C26H36ClN3O6S/c1-7-18(3)28-26(32)22(8-2)29(16-19-11-9-10-12-21(19)27)25(31)17-30(37(6,33)34)23-15-20(35-4)13-14-24(23)36-5/h9-15,18,22H,7-8,16-17H2,1-6H3,(H,28,32)/t18-,22-/m1/s1. The molecule has 11 heteroatoms. The van der Waals surface area contributed by atoms with Gasteiger partial charge in [-0.3, -0.25) is 13.9 Å². The Labute approximate surface area is 224 Å². The monoisotopic (exact) mass is 553 g/mol. The number of rotatable bonds is 13. The number of nitrogens with one attached hydrogen (secondary N) is 1. The largest absolute Gasteiger partial charge is 0.497 e. The van der Waals surface area contributed by atoms with E-state index in [-0.39, 0.29) is 29.9 Å². The first kappa shape index (κ1) is 30.2. The zero-order valence-corrected chi connectivity index (χ0v) is 23.7. The highest BCUT2D eigenvalue weighted by Crippen LogP contribution is 2.34. The third-order valence-corrected chi connectivity index (χ3v) is 7.51. The molecule has 0 spiro atoms.